The van der Waals surface area contributed by atoms with E-state index in [2.05, 4.69) is 17.6 Å². The van der Waals surface area contributed by atoms with Crippen LogP contribution in [0.25, 0.3) is 0 Å². The summed E-state index contributed by atoms with van der Waals surface area (Å²) in [4.78, 5) is 12.0. The lowest BCUT2D eigenvalue weighted by Crippen LogP contribution is -2.44. The average Bonchev–Trinajstić information content (AvgIpc) is 2.66. The molecule has 1 amide bonds. The van der Waals surface area contributed by atoms with Crippen molar-refractivity contribution in [2.75, 3.05) is 31.1 Å². The fourth-order valence-electron chi connectivity index (χ4n) is 2.81. The summed E-state index contributed by atoms with van der Waals surface area (Å²) in [7, 11) is -2.84. The van der Waals surface area contributed by atoms with Gasteiger partial charge in [-0.1, -0.05) is 6.92 Å². The van der Waals surface area contributed by atoms with Crippen molar-refractivity contribution in [3.8, 4) is 0 Å². The maximum Gasteiger partial charge on any atom is 0.223 e. The van der Waals surface area contributed by atoms with Crippen LogP contribution >= 0.6 is 0 Å². The lowest BCUT2D eigenvalue weighted by Gasteiger charge is -2.28. The molecule has 0 radical (unpaired) electrons. The maximum absolute atomic E-state index is 12.0. The maximum atomic E-state index is 12.0. The van der Waals surface area contributed by atoms with Gasteiger partial charge in [0.25, 0.3) is 0 Å². The van der Waals surface area contributed by atoms with Crippen LogP contribution in [0.1, 0.15) is 19.8 Å². The Morgan fingerprint density at radius 3 is 2.78 bits per heavy atom. The minimum absolute atomic E-state index is 0.0734. The topological polar surface area (TPSA) is 75.3 Å². The second kappa shape index (κ2) is 5.57. The average molecular weight is 274 g/mol. The lowest BCUT2D eigenvalue weighted by atomic mass is 9.87. The molecular weight excluding hydrogens is 252 g/mol. The van der Waals surface area contributed by atoms with E-state index in [1.165, 1.54) is 0 Å². The molecule has 0 bridgehead atoms. The highest BCUT2D eigenvalue weighted by Crippen LogP contribution is 2.20. The van der Waals surface area contributed by atoms with E-state index >= 15 is 0 Å². The smallest absolute Gasteiger partial charge is 0.223 e. The number of piperidine rings is 1. The molecule has 2 N–H and O–H groups in total. The lowest BCUT2D eigenvalue weighted by molar-refractivity contribution is -0.127. The molecule has 0 aliphatic carbocycles. The van der Waals surface area contributed by atoms with Gasteiger partial charge >= 0.3 is 0 Å². The first kappa shape index (κ1) is 13.8. The highest BCUT2D eigenvalue weighted by molar-refractivity contribution is 7.91. The molecule has 3 unspecified atom stereocenters. The van der Waals surface area contributed by atoms with E-state index in [0.717, 1.165) is 19.5 Å². The molecule has 104 valence electrons. The summed E-state index contributed by atoms with van der Waals surface area (Å²) in [5, 5.41) is 6.20. The third kappa shape index (κ3) is 3.45. The molecule has 0 aromatic heterocycles. The Hall–Kier alpha value is -0.620. The van der Waals surface area contributed by atoms with E-state index in [1.807, 2.05) is 0 Å². The van der Waals surface area contributed by atoms with E-state index in [0.29, 0.717) is 18.9 Å². The third-order valence-corrected chi connectivity index (χ3v) is 5.85. The van der Waals surface area contributed by atoms with E-state index in [1.54, 1.807) is 0 Å². The van der Waals surface area contributed by atoms with Crippen LogP contribution in [0.2, 0.25) is 0 Å². The number of carbonyl (C=O) groups is 1. The van der Waals surface area contributed by atoms with E-state index in [9.17, 15) is 13.2 Å². The molecular formula is C12H22N2O3S. The standard InChI is InChI=1S/C12H22N2O3S/c1-9-6-13-4-2-11(9)12(15)14-7-10-3-5-18(16,17)8-10/h9-11,13H,2-8H2,1H3,(H,14,15). The predicted molar refractivity (Wildman–Crippen MR) is 69.9 cm³/mol. The van der Waals surface area contributed by atoms with Crippen molar-refractivity contribution in [1.29, 1.82) is 0 Å². The van der Waals surface area contributed by atoms with Gasteiger partial charge in [0.1, 0.15) is 0 Å². The van der Waals surface area contributed by atoms with Gasteiger partial charge in [-0.05, 0) is 37.8 Å². The van der Waals surface area contributed by atoms with Gasteiger partial charge < -0.3 is 10.6 Å². The van der Waals surface area contributed by atoms with Crippen molar-refractivity contribution < 1.29 is 13.2 Å². The Kier molecular flexibility index (Phi) is 4.27. The zero-order valence-electron chi connectivity index (χ0n) is 10.8. The Labute approximate surface area is 109 Å². The van der Waals surface area contributed by atoms with Crippen LogP contribution in [0.15, 0.2) is 0 Å². The van der Waals surface area contributed by atoms with Crippen LogP contribution in [-0.4, -0.2) is 45.5 Å². The molecule has 2 fully saturated rings. The molecule has 2 aliphatic rings. The van der Waals surface area contributed by atoms with Gasteiger partial charge in [-0.2, -0.15) is 0 Å². The van der Waals surface area contributed by atoms with Gasteiger partial charge in [0, 0.05) is 12.5 Å². The Morgan fingerprint density at radius 1 is 1.39 bits per heavy atom. The molecule has 0 aromatic carbocycles. The SMILES string of the molecule is CC1CNCCC1C(=O)NCC1CCS(=O)(=O)C1. The molecule has 5 nitrogen and oxygen atoms in total. The highest BCUT2D eigenvalue weighted by Gasteiger charge is 2.30. The second-order valence-corrected chi connectivity index (χ2v) is 7.82. The first-order chi connectivity index (χ1) is 8.48. The van der Waals surface area contributed by atoms with Gasteiger partial charge in [-0.25, -0.2) is 8.42 Å². The largest absolute Gasteiger partial charge is 0.356 e. The molecule has 0 saturated carbocycles. The molecule has 2 heterocycles. The minimum Gasteiger partial charge on any atom is -0.356 e. The zero-order valence-corrected chi connectivity index (χ0v) is 11.6. The van der Waals surface area contributed by atoms with Crippen molar-refractivity contribution >= 4 is 15.7 Å². The Balaban J connectivity index is 1.78. The molecule has 2 saturated heterocycles. The van der Waals surface area contributed by atoms with Crippen molar-refractivity contribution in [3.05, 3.63) is 0 Å². The molecule has 2 aliphatic heterocycles. The van der Waals surface area contributed by atoms with Crippen molar-refractivity contribution in [1.82, 2.24) is 10.6 Å². The van der Waals surface area contributed by atoms with Crippen LogP contribution in [0.4, 0.5) is 0 Å². The number of carbonyl (C=O) groups excluding carboxylic acids is 1. The van der Waals surface area contributed by atoms with E-state index in [4.69, 9.17) is 0 Å². The number of rotatable bonds is 3. The summed E-state index contributed by atoms with van der Waals surface area (Å²) in [6.45, 7) is 4.36. The predicted octanol–water partition coefficient (Wildman–Crippen LogP) is -0.217. The fraction of sp³-hybridized carbons (Fsp3) is 0.917. The van der Waals surface area contributed by atoms with Crippen molar-refractivity contribution in [2.24, 2.45) is 17.8 Å². The second-order valence-electron chi connectivity index (χ2n) is 5.59. The van der Waals surface area contributed by atoms with Crippen LogP contribution in [0.5, 0.6) is 0 Å². The Bertz CT molecular complexity index is 408. The minimum atomic E-state index is -2.84. The highest BCUT2D eigenvalue weighted by atomic mass is 32.2. The number of hydrogen-bond donors (Lipinski definition) is 2. The monoisotopic (exact) mass is 274 g/mol. The number of amides is 1. The number of hydrogen-bond acceptors (Lipinski definition) is 4. The Morgan fingerprint density at radius 2 is 2.17 bits per heavy atom. The summed E-state index contributed by atoms with van der Waals surface area (Å²) in [6.07, 6.45) is 1.56. The van der Waals surface area contributed by atoms with Gasteiger partial charge in [0.15, 0.2) is 9.84 Å². The summed E-state index contributed by atoms with van der Waals surface area (Å²) < 4.78 is 22.6. The van der Waals surface area contributed by atoms with Crippen LogP contribution < -0.4 is 10.6 Å². The first-order valence-corrected chi connectivity index (χ1v) is 8.49. The summed E-state index contributed by atoms with van der Waals surface area (Å²) in [5.41, 5.74) is 0. The van der Waals surface area contributed by atoms with Gasteiger partial charge in [0.05, 0.1) is 11.5 Å². The summed E-state index contributed by atoms with van der Waals surface area (Å²) in [6, 6.07) is 0. The first-order valence-electron chi connectivity index (χ1n) is 6.67. The van der Waals surface area contributed by atoms with Crippen LogP contribution in [0, 0.1) is 17.8 Å². The molecule has 0 aromatic rings. The van der Waals surface area contributed by atoms with Crippen LogP contribution in [0.3, 0.4) is 0 Å². The fourth-order valence-corrected chi connectivity index (χ4v) is 4.67. The molecule has 2 rings (SSSR count). The normalized spacial score (nSPS) is 35.3. The van der Waals surface area contributed by atoms with Crippen molar-refractivity contribution in [2.45, 2.75) is 19.8 Å². The van der Waals surface area contributed by atoms with E-state index in [-0.39, 0.29) is 29.2 Å². The summed E-state index contributed by atoms with van der Waals surface area (Å²) in [5.74, 6) is 1.13. The number of nitrogens with one attached hydrogen (secondary N) is 2. The van der Waals surface area contributed by atoms with Gasteiger partial charge in [-0.15, -0.1) is 0 Å². The zero-order chi connectivity index (χ0) is 13.2. The molecule has 3 atom stereocenters. The van der Waals surface area contributed by atoms with Gasteiger partial charge in [-0.3, -0.25) is 4.79 Å². The van der Waals surface area contributed by atoms with Gasteiger partial charge in [0.2, 0.25) is 5.91 Å². The summed E-state index contributed by atoms with van der Waals surface area (Å²) >= 11 is 0. The van der Waals surface area contributed by atoms with Crippen molar-refractivity contribution in [3.63, 3.8) is 0 Å². The molecule has 6 heteroatoms. The molecule has 0 spiro atoms. The third-order valence-electron chi connectivity index (χ3n) is 4.01. The van der Waals surface area contributed by atoms with Crippen LogP contribution in [-0.2, 0) is 14.6 Å². The number of sulfone groups is 1. The quantitative estimate of drug-likeness (QED) is 0.746. The van der Waals surface area contributed by atoms with E-state index < -0.39 is 9.84 Å². The molecule has 18 heavy (non-hydrogen) atoms.